The Kier molecular flexibility index (Phi) is 7.86. The van der Waals surface area contributed by atoms with Gasteiger partial charge in [-0.1, -0.05) is 56.0 Å². The Morgan fingerprint density at radius 2 is 1.79 bits per heavy atom. The van der Waals surface area contributed by atoms with E-state index in [1.807, 2.05) is 42.5 Å². The third-order valence-corrected chi connectivity index (χ3v) is 4.33. The van der Waals surface area contributed by atoms with Crippen molar-refractivity contribution in [2.75, 3.05) is 27.2 Å². The van der Waals surface area contributed by atoms with E-state index in [4.69, 9.17) is 9.84 Å². The fourth-order valence-corrected chi connectivity index (χ4v) is 2.65. The molecule has 28 heavy (non-hydrogen) atoms. The van der Waals surface area contributed by atoms with Gasteiger partial charge in [-0.25, -0.2) is 0 Å². The van der Waals surface area contributed by atoms with Crippen LogP contribution < -0.4 is 4.74 Å². The predicted octanol–water partition coefficient (Wildman–Crippen LogP) is 4.27. The van der Waals surface area contributed by atoms with Crippen molar-refractivity contribution in [3.05, 3.63) is 71.3 Å². The lowest BCUT2D eigenvalue weighted by Gasteiger charge is -2.11. The molecule has 0 saturated carbocycles. The Balaban J connectivity index is 2.28. The summed E-state index contributed by atoms with van der Waals surface area (Å²) in [5.74, 6) is 6.88. The van der Waals surface area contributed by atoms with E-state index >= 15 is 0 Å². The Bertz CT molecular complexity index is 869. The van der Waals surface area contributed by atoms with Gasteiger partial charge in [0, 0.05) is 17.7 Å². The lowest BCUT2D eigenvalue weighted by atomic mass is 10.0. The summed E-state index contributed by atoms with van der Waals surface area (Å²) in [5, 5.41) is 8.93. The van der Waals surface area contributed by atoms with Gasteiger partial charge in [-0.05, 0) is 48.4 Å². The molecule has 1 N–H and O–H groups in total. The van der Waals surface area contributed by atoms with E-state index in [-0.39, 0.29) is 6.54 Å². The standard InChI is InChI=1S/C24H27NO3/c1-18(2)20-8-5-19(6-9-20)7-10-22(15-16-25(3)17-24(26)27)21-11-13-23(28-4)14-12-21/h5-6,8-9,11-15,18H,16-17H2,1-4H3,(H,26,27). The molecule has 2 rings (SSSR count). The molecule has 0 aromatic heterocycles. The highest BCUT2D eigenvalue weighted by Crippen LogP contribution is 2.19. The maximum absolute atomic E-state index is 10.9. The molecule has 0 unspecified atom stereocenters. The van der Waals surface area contributed by atoms with Gasteiger partial charge in [0.2, 0.25) is 0 Å². The van der Waals surface area contributed by atoms with Crippen LogP contribution in [0.2, 0.25) is 0 Å². The van der Waals surface area contributed by atoms with E-state index in [1.54, 1.807) is 19.1 Å². The van der Waals surface area contributed by atoms with Gasteiger partial charge in [0.05, 0.1) is 13.7 Å². The number of hydrogen-bond acceptors (Lipinski definition) is 3. The zero-order valence-electron chi connectivity index (χ0n) is 16.9. The molecule has 0 aliphatic heterocycles. The van der Waals surface area contributed by atoms with Crippen molar-refractivity contribution < 1.29 is 14.6 Å². The zero-order valence-corrected chi connectivity index (χ0v) is 16.9. The van der Waals surface area contributed by atoms with E-state index in [2.05, 4.69) is 37.8 Å². The molecule has 0 heterocycles. The van der Waals surface area contributed by atoms with Crippen LogP contribution in [-0.4, -0.2) is 43.2 Å². The van der Waals surface area contributed by atoms with Gasteiger partial charge in [0.15, 0.2) is 0 Å². The maximum atomic E-state index is 10.9. The van der Waals surface area contributed by atoms with E-state index in [1.165, 1.54) is 5.56 Å². The Labute approximate surface area is 167 Å². The zero-order chi connectivity index (χ0) is 20.5. The van der Waals surface area contributed by atoms with Crippen molar-refractivity contribution in [3.8, 4) is 17.6 Å². The van der Waals surface area contributed by atoms with E-state index in [0.29, 0.717) is 12.5 Å². The second kappa shape index (κ2) is 10.3. The molecular weight excluding hydrogens is 350 g/mol. The summed E-state index contributed by atoms with van der Waals surface area (Å²) < 4.78 is 5.22. The van der Waals surface area contributed by atoms with Crippen LogP contribution in [-0.2, 0) is 4.79 Å². The van der Waals surface area contributed by atoms with E-state index < -0.39 is 5.97 Å². The quantitative estimate of drug-likeness (QED) is 0.732. The summed E-state index contributed by atoms with van der Waals surface area (Å²) in [6.45, 7) is 4.81. The smallest absolute Gasteiger partial charge is 0.317 e. The number of aliphatic carboxylic acids is 1. The van der Waals surface area contributed by atoms with Gasteiger partial charge >= 0.3 is 5.97 Å². The van der Waals surface area contributed by atoms with Crippen LogP contribution in [0.3, 0.4) is 0 Å². The average molecular weight is 377 g/mol. The molecule has 0 spiro atoms. The fourth-order valence-electron chi connectivity index (χ4n) is 2.65. The topological polar surface area (TPSA) is 49.8 Å². The van der Waals surface area contributed by atoms with Crippen LogP contribution in [0.5, 0.6) is 5.75 Å². The molecule has 0 bridgehead atoms. The number of benzene rings is 2. The van der Waals surface area contributed by atoms with Gasteiger partial charge in [-0.2, -0.15) is 0 Å². The molecule has 0 saturated heterocycles. The summed E-state index contributed by atoms with van der Waals surface area (Å²) >= 11 is 0. The third-order valence-electron chi connectivity index (χ3n) is 4.33. The highest BCUT2D eigenvalue weighted by molar-refractivity contribution is 5.80. The Hall–Kier alpha value is -3.03. The number of hydrogen-bond donors (Lipinski definition) is 1. The molecule has 0 atom stereocenters. The second-order valence-electron chi connectivity index (χ2n) is 6.96. The highest BCUT2D eigenvalue weighted by Gasteiger charge is 2.05. The van der Waals surface area contributed by atoms with Crippen molar-refractivity contribution in [2.24, 2.45) is 0 Å². The van der Waals surface area contributed by atoms with Crippen LogP contribution in [0.15, 0.2) is 54.6 Å². The molecule has 2 aromatic carbocycles. The summed E-state index contributed by atoms with van der Waals surface area (Å²) in [5.41, 5.74) is 4.05. The molecule has 0 amide bonds. The minimum Gasteiger partial charge on any atom is -0.497 e. The number of rotatable bonds is 7. The first-order valence-corrected chi connectivity index (χ1v) is 9.26. The maximum Gasteiger partial charge on any atom is 0.317 e. The van der Waals surface area contributed by atoms with Crippen LogP contribution in [0.25, 0.3) is 5.57 Å². The van der Waals surface area contributed by atoms with Crippen molar-refractivity contribution in [2.45, 2.75) is 19.8 Å². The lowest BCUT2D eigenvalue weighted by Crippen LogP contribution is -2.25. The van der Waals surface area contributed by atoms with Crippen molar-refractivity contribution >= 4 is 11.5 Å². The molecule has 146 valence electrons. The molecule has 0 radical (unpaired) electrons. The number of methoxy groups -OCH3 is 1. The summed E-state index contributed by atoms with van der Waals surface area (Å²) in [6.07, 6.45) is 1.96. The molecule has 4 nitrogen and oxygen atoms in total. The molecule has 0 aliphatic rings. The molecule has 2 aromatic rings. The van der Waals surface area contributed by atoms with Gasteiger partial charge in [-0.3, -0.25) is 9.69 Å². The average Bonchev–Trinajstić information content (AvgIpc) is 2.68. The number of likely N-dealkylation sites (N-methyl/N-ethyl adjacent to an activating group) is 1. The minimum atomic E-state index is -0.849. The summed E-state index contributed by atoms with van der Waals surface area (Å²) in [6, 6.07) is 16.0. The third kappa shape index (κ3) is 6.61. The monoisotopic (exact) mass is 377 g/mol. The first kappa shape index (κ1) is 21.3. The largest absolute Gasteiger partial charge is 0.497 e. The number of carbonyl (C=O) groups is 1. The lowest BCUT2D eigenvalue weighted by molar-refractivity contribution is -0.137. The van der Waals surface area contributed by atoms with Gasteiger partial charge in [0.25, 0.3) is 0 Å². The minimum absolute atomic E-state index is 0.0174. The Morgan fingerprint density at radius 3 is 2.32 bits per heavy atom. The first-order valence-electron chi connectivity index (χ1n) is 9.26. The van der Waals surface area contributed by atoms with Gasteiger partial charge < -0.3 is 9.84 Å². The second-order valence-corrected chi connectivity index (χ2v) is 6.96. The van der Waals surface area contributed by atoms with Gasteiger partial charge in [0.1, 0.15) is 5.75 Å². The number of nitrogens with zero attached hydrogens (tertiary/aromatic N) is 1. The van der Waals surface area contributed by atoms with Crippen LogP contribution in [0.1, 0.15) is 36.5 Å². The molecule has 0 fully saturated rings. The Morgan fingerprint density at radius 1 is 1.14 bits per heavy atom. The molecular formula is C24H27NO3. The number of ether oxygens (including phenoxy) is 1. The van der Waals surface area contributed by atoms with Crippen molar-refractivity contribution in [3.63, 3.8) is 0 Å². The SMILES string of the molecule is COc1ccc(C(C#Cc2ccc(C(C)C)cc2)=CCN(C)CC(=O)O)cc1. The van der Waals surface area contributed by atoms with Crippen LogP contribution in [0.4, 0.5) is 0 Å². The molecule has 0 aliphatic carbocycles. The number of carboxylic acid groups (broad SMARTS) is 1. The predicted molar refractivity (Wildman–Crippen MR) is 114 cm³/mol. The van der Waals surface area contributed by atoms with E-state index in [0.717, 1.165) is 22.4 Å². The number of allylic oxidation sites excluding steroid dienone is 1. The van der Waals surface area contributed by atoms with Gasteiger partial charge in [-0.15, -0.1) is 0 Å². The summed E-state index contributed by atoms with van der Waals surface area (Å²) in [7, 11) is 3.40. The van der Waals surface area contributed by atoms with E-state index in [9.17, 15) is 4.79 Å². The highest BCUT2D eigenvalue weighted by atomic mass is 16.5. The van der Waals surface area contributed by atoms with Crippen molar-refractivity contribution in [1.82, 2.24) is 4.90 Å². The van der Waals surface area contributed by atoms with Crippen LogP contribution in [0, 0.1) is 11.8 Å². The first-order chi connectivity index (χ1) is 13.4. The van der Waals surface area contributed by atoms with Crippen molar-refractivity contribution in [1.29, 1.82) is 0 Å². The summed E-state index contributed by atoms with van der Waals surface area (Å²) in [4.78, 5) is 12.6. The van der Waals surface area contributed by atoms with Crippen LogP contribution >= 0.6 is 0 Å². The number of carboxylic acids is 1. The normalized spacial score (nSPS) is 11.3. The molecule has 4 heteroatoms. The fraction of sp³-hybridized carbons (Fsp3) is 0.292.